The van der Waals surface area contributed by atoms with E-state index in [9.17, 15) is 8.78 Å². The maximum Gasteiger partial charge on any atom is 0.586 e. The second-order valence-corrected chi connectivity index (χ2v) is 3.52. The van der Waals surface area contributed by atoms with Gasteiger partial charge < -0.3 is 9.47 Å². The fraction of sp³-hybridized carbons (Fsp3) is 0.250. The predicted octanol–water partition coefficient (Wildman–Crippen LogP) is 3.32. The molecule has 1 aliphatic heterocycles. The van der Waals surface area contributed by atoms with E-state index in [1.807, 2.05) is 22.6 Å². The molecular formula is C8H7F2IO2. The summed E-state index contributed by atoms with van der Waals surface area (Å²) in [5.41, 5.74) is 0. The number of halogens is 3. The third-order valence-electron chi connectivity index (χ3n) is 1.29. The highest BCUT2D eigenvalue weighted by molar-refractivity contribution is 14.1. The molecular weight excluding hydrogens is 293 g/mol. The summed E-state index contributed by atoms with van der Waals surface area (Å²) < 4.78 is 33.9. The molecule has 1 fully saturated rings. The first-order valence-electron chi connectivity index (χ1n) is 3.43. The van der Waals surface area contributed by atoms with Crippen molar-refractivity contribution in [3.63, 3.8) is 0 Å². The molecule has 0 aromatic heterocycles. The molecule has 0 saturated carbocycles. The fourth-order valence-electron chi connectivity index (χ4n) is 0.718. The first kappa shape index (κ1) is 10.5. The SMILES string of the molecule is C=C1OC(F)(F)O/C1=C/C(I)=C\C. The molecule has 72 valence electrons. The third kappa shape index (κ3) is 2.68. The smallest absolute Gasteiger partial charge is 0.396 e. The van der Waals surface area contributed by atoms with Gasteiger partial charge in [0.15, 0.2) is 11.5 Å². The molecule has 1 rings (SSSR count). The van der Waals surface area contributed by atoms with Gasteiger partial charge in [-0.25, -0.2) is 0 Å². The topological polar surface area (TPSA) is 18.5 Å². The van der Waals surface area contributed by atoms with Crippen molar-refractivity contribution < 1.29 is 18.3 Å². The summed E-state index contributed by atoms with van der Waals surface area (Å²) in [5.74, 6) is -0.187. The van der Waals surface area contributed by atoms with Gasteiger partial charge in [-0.3, -0.25) is 0 Å². The second kappa shape index (κ2) is 3.65. The molecule has 0 bridgehead atoms. The van der Waals surface area contributed by atoms with Crippen LogP contribution in [0, 0.1) is 0 Å². The molecule has 0 radical (unpaired) electrons. The van der Waals surface area contributed by atoms with E-state index in [0.29, 0.717) is 0 Å². The zero-order valence-corrected chi connectivity index (χ0v) is 8.97. The highest BCUT2D eigenvalue weighted by atomic mass is 127. The molecule has 5 heteroatoms. The first-order valence-corrected chi connectivity index (χ1v) is 4.51. The van der Waals surface area contributed by atoms with Crippen LogP contribution in [0.25, 0.3) is 0 Å². The minimum Gasteiger partial charge on any atom is -0.396 e. The summed E-state index contributed by atoms with van der Waals surface area (Å²) in [7, 11) is 0. The highest BCUT2D eigenvalue weighted by Gasteiger charge is 2.44. The Morgan fingerprint density at radius 3 is 2.54 bits per heavy atom. The van der Waals surface area contributed by atoms with Crippen molar-refractivity contribution in [2.45, 2.75) is 13.2 Å². The van der Waals surface area contributed by atoms with E-state index in [4.69, 9.17) is 0 Å². The summed E-state index contributed by atoms with van der Waals surface area (Å²) in [4.78, 5) is 0. The number of ether oxygens (including phenoxy) is 2. The number of rotatable bonds is 1. The van der Waals surface area contributed by atoms with Gasteiger partial charge in [0, 0.05) is 3.58 Å². The van der Waals surface area contributed by atoms with Crippen LogP contribution in [0.2, 0.25) is 0 Å². The van der Waals surface area contributed by atoms with Crippen LogP contribution >= 0.6 is 22.6 Å². The lowest BCUT2D eigenvalue weighted by Gasteiger charge is -2.03. The van der Waals surface area contributed by atoms with E-state index in [1.165, 1.54) is 6.08 Å². The van der Waals surface area contributed by atoms with Crippen molar-refractivity contribution in [1.82, 2.24) is 0 Å². The van der Waals surface area contributed by atoms with E-state index >= 15 is 0 Å². The van der Waals surface area contributed by atoms with Gasteiger partial charge in [0.2, 0.25) is 0 Å². The van der Waals surface area contributed by atoms with E-state index in [1.54, 1.807) is 13.0 Å². The summed E-state index contributed by atoms with van der Waals surface area (Å²) in [6.07, 6.45) is -0.391. The zero-order valence-electron chi connectivity index (χ0n) is 6.81. The third-order valence-corrected chi connectivity index (χ3v) is 2.22. The lowest BCUT2D eigenvalue weighted by molar-refractivity contribution is -0.326. The molecule has 0 N–H and O–H groups in total. The molecule has 2 nitrogen and oxygen atoms in total. The van der Waals surface area contributed by atoms with Crippen molar-refractivity contribution in [2.24, 2.45) is 0 Å². The maximum absolute atomic E-state index is 12.4. The Hall–Kier alpha value is -0.590. The molecule has 0 spiro atoms. The van der Waals surface area contributed by atoms with Crippen LogP contribution in [-0.4, -0.2) is 6.29 Å². The van der Waals surface area contributed by atoms with Gasteiger partial charge in [-0.2, -0.15) is 0 Å². The van der Waals surface area contributed by atoms with Gasteiger partial charge in [0.05, 0.1) is 0 Å². The van der Waals surface area contributed by atoms with Gasteiger partial charge in [-0.15, -0.1) is 8.78 Å². The fourth-order valence-corrected chi connectivity index (χ4v) is 1.00. The largest absolute Gasteiger partial charge is 0.586 e. The first-order chi connectivity index (χ1) is 5.94. The molecule has 0 unspecified atom stereocenters. The van der Waals surface area contributed by atoms with E-state index in [2.05, 4.69) is 16.1 Å². The van der Waals surface area contributed by atoms with Crippen LogP contribution in [-0.2, 0) is 9.47 Å². The van der Waals surface area contributed by atoms with Crippen LogP contribution in [0.5, 0.6) is 0 Å². The van der Waals surface area contributed by atoms with Gasteiger partial charge in [0.1, 0.15) is 0 Å². The normalized spacial score (nSPS) is 24.5. The monoisotopic (exact) mass is 300 g/mol. The van der Waals surface area contributed by atoms with Crippen molar-refractivity contribution in [1.29, 1.82) is 0 Å². The number of alkyl halides is 2. The quantitative estimate of drug-likeness (QED) is 0.692. The summed E-state index contributed by atoms with van der Waals surface area (Å²) in [5, 5.41) is 0. The second-order valence-electron chi connectivity index (χ2n) is 2.27. The lowest BCUT2D eigenvalue weighted by atomic mass is 10.4. The Kier molecular flexibility index (Phi) is 2.94. The van der Waals surface area contributed by atoms with E-state index in [-0.39, 0.29) is 11.5 Å². The lowest BCUT2D eigenvalue weighted by Crippen LogP contribution is -2.14. The Morgan fingerprint density at radius 2 is 2.15 bits per heavy atom. The maximum atomic E-state index is 12.4. The van der Waals surface area contributed by atoms with Crippen LogP contribution in [0.4, 0.5) is 8.78 Å². The van der Waals surface area contributed by atoms with Gasteiger partial charge in [-0.05, 0) is 35.6 Å². The zero-order chi connectivity index (χ0) is 10.1. The molecule has 0 aliphatic carbocycles. The number of allylic oxidation sites excluding steroid dienone is 3. The Bertz CT molecular complexity index is 295. The highest BCUT2D eigenvalue weighted by Crippen LogP contribution is 2.36. The Labute approximate surface area is 88.0 Å². The van der Waals surface area contributed by atoms with E-state index < -0.39 is 6.29 Å². The molecule has 0 aromatic rings. The molecule has 0 amide bonds. The van der Waals surface area contributed by atoms with Crippen LogP contribution in [0.3, 0.4) is 0 Å². The van der Waals surface area contributed by atoms with Gasteiger partial charge in [-0.1, -0.05) is 12.7 Å². The summed E-state index contributed by atoms with van der Waals surface area (Å²) in [6, 6.07) is 0. The summed E-state index contributed by atoms with van der Waals surface area (Å²) in [6.45, 7) is 5.08. The van der Waals surface area contributed by atoms with Crippen molar-refractivity contribution in [2.75, 3.05) is 0 Å². The molecule has 0 atom stereocenters. The minimum atomic E-state index is -3.58. The van der Waals surface area contributed by atoms with Crippen LogP contribution in [0.15, 0.2) is 33.8 Å². The molecule has 1 saturated heterocycles. The molecule has 1 heterocycles. The van der Waals surface area contributed by atoms with Crippen LogP contribution < -0.4 is 0 Å². The predicted molar refractivity (Wildman–Crippen MR) is 52.1 cm³/mol. The Balaban J connectivity index is 2.85. The van der Waals surface area contributed by atoms with Crippen molar-refractivity contribution >= 4 is 22.6 Å². The number of hydrogen-bond acceptors (Lipinski definition) is 2. The molecule has 1 aliphatic rings. The molecule has 0 aromatic carbocycles. The van der Waals surface area contributed by atoms with Crippen LogP contribution in [0.1, 0.15) is 6.92 Å². The van der Waals surface area contributed by atoms with Crippen molar-refractivity contribution in [3.05, 3.63) is 33.8 Å². The van der Waals surface area contributed by atoms with E-state index in [0.717, 1.165) is 3.58 Å². The average molecular weight is 300 g/mol. The average Bonchev–Trinajstić information content (AvgIpc) is 2.24. The van der Waals surface area contributed by atoms with Gasteiger partial charge >= 0.3 is 6.29 Å². The summed E-state index contributed by atoms with van der Waals surface area (Å²) >= 11 is 1.98. The molecule has 13 heavy (non-hydrogen) atoms. The standard InChI is InChI=1S/C8H7F2IO2/c1-3-6(11)4-7-5(2)12-8(9,10)13-7/h3-4H,2H2,1H3/b6-3+,7-4+. The van der Waals surface area contributed by atoms with Gasteiger partial charge in [0.25, 0.3) is 0 Å². The number of hydrogen-bond donors (Lipinski definition) is 0. The van der Waals surface area contributed by atoms with Crippen molar-refractivity contribution in [3.8, 4) is 0 Å². The Morgan fingerprint density at radius 1 is 1.54 bits per heavy atom. The minimum absolute atomic E-state index is 0.0347.